The van der Waals surface area contributed by atoms with Crippen molar-refractivity contribution >= 4 is 39.4 Å². The zero-order chi connectivity index (χ0) is 29.7. The van der Waals surface area contributed by atoms with E-state index >= 15 is 4.39 Å². The van der Waals surface area contributed by atoms with Gasteiger partial charge in [0.1, 0.15) is 23.6 Å². The van der Waals surface area contributed by atoms with Crippen LogP contribution in [-0.2, 0) is 6.42 Å². The lowest BCUT2D eigenvalue weighted by Crippen LogP contribution is -2.43. The van der Waals surface area contributed by atoms with Gasteiger partial charge in [-0.25, -0.2) is 4.39 Å². The maximum atomic E-state index is 17.0. The van der Waals surface area contributed by atoms with Crippen molar-refractivity contribution in [3.63, 3.8) is 0 Å². The van der Waals surface area contributed by atoms with Gasteiger partial charge in [-0.3, -0.25) is 9.88 Å². The smallest absolute Gasteiger partial charge is 0.319 e. The average Bonchev–Trinajstić information content (AvgIpc) is 3.60. The van der Waals surface area contributed by atoms with E-state index in [-0.39, 0.29) is 22.8 Å². The second kappa shape index (κ2) is 11.0. The minimum Gasteiger partial charge on any atom is -0.461 e. The number of aromatic nitrogens is 3. The van der Waals surface area contributed by atoms with Gasteiger partial charge in [-0.05, 0) is 86.4 Å². The van der Waals surface area contributed by atoms with Crippen LogP contribution < -0.4 is 15.4 Å². The molecule has 3 aliphatic heterocycles. The Kier molecular flexibility index (Phi) is 7.16. The molecule has 3 aliphatic rings. The first-order valence-electron chi connectivity index (χ1n) is 15.8. The molecule has 2 aromatic heterocycles. The number of ether oxygens (including phenoxy) is 1. The van der Waals surface area contributed by atoms with Crippen molar-refractivity contribution < 1.29 is 9.13 Å². The van der Waals surface area contributed by atoms with Crippen LogP contribution in [0.4, 0.5) is 15.9 Å². The van der Waals surface area contributed by atoms with E-state index in [1.807, 2.05) is 24.3 Å². The summed E-state index contributed by atoms with van der Waals surface area (Å²) in [4.78, 5) is 19.1. The Morgan fingerprint density at radius 1 is 1.16 bits per heavy atom. The Hall–Kier alpha value is -3.85. The largest absolute Gasteiger partial charge is 0.461 e. The molecule has 0 bridgehead atoms. The summed E-state index contributed by atoms with van der Waals surface area (Å²) in [5.41, 5.74) is 9.23. The molecule has 8 nitrogen and oxygen atoms in total. The quantitative estimate of drug-likeness (QED) is 0.193. The summed E-state index contributed by atoms with van der Waals surface area (Å²) in [6.45, 7) is 8.70. The number of hydrogen-bond acceptors (Lipinski definition) is 8. The van der Waals surface area contributed by atoms with Crippen molar-refractivity contribution in [2.45, 2.75) is 64.3 Å². The predicted molar refractivity (Wildman–Crippen MR) is 171 cm³/mol. The van der Waals surface area contributed by atoms with Crippen LogP contribution in [0, 0.1) is 17.1 Å². The number of nitrogens with two attached hydrogens (primary N) is 1. The normalized spacial score (nSPS) is 20.2. The summed E-state index contributed by atoms with van der Waals surface area (Å²) in [5, 5.41) is 10.5. The van der Waals surface area contributed by atoms with Gasteiger partial charge in [-0.15, -0.1) is 0 Å². The molecule has 1 atom stereocenters. The third-order valence-electron chi connectivity index (χ3n) is 9.97. The first-order chi connectivity index (χ1) is 20.9. The third kappa shape index (κ3) is 4.69. The van der Waals surface area contributed by atoms with E-state index in [0.29, 0.717) is 40.5 Å². The first kappa shape index (κ1) is 28.0. The maximum absolute atomic E-state index is 17.0. The lowest BCUT2D eigenvalue weighted by Gasteiger charge is -2.33. The fraction of sp³-hybridized carbons (Fsp3) is 0.471. The number of anilines is 2. The highest BCUT2D eigenvalue weighted by Gasteiger charge is 2.45. The van der Waals surface area contributed by atoms with Crippen LogP contribution in [0.5, 0.6) is 6.01 Å². The molecule has 3 fully saturated rings. The molecule has 0 spiro atoms. The molecule has 0 saturated carbocycles. The van der Waals surface area contributed by atoms with Crippen molar-refractivity contribution in [3.8, 4) is 17.3 Å². The van der Waals surface area contributed by atoms with E-state index in [1.165, 1.54) is 19.1 Å². The van der Waals surface area contributed by atoms with Crippen LogP contribution in [0.15, 0.2) is 30.5 Å². The lowest BCUT2D eigenvalue weighted by atomic mass is 9.90. The van der Waals surface area contributed by atoms with E-state index in [1.54, 1.807) is 6.20 Å². The van der Waals surface area contributed by atoms with Gasteiger partial charge in [0.15, 0.2) is 5.82 Å². The van der Waals surface area contributed by atoms with Gasteiger partial charge in [-0.1, -0.05) is 32.0 Å². The van der Waals surface area contributed by atoms with Crippen molar-refractivity contribution in [2.75, 3.05) is 43.4 Å². The number of rotatable bonds is 7. The number of nitrogen functional groups attached to an aromatic ring is 1. The lowest BCUT2D eigenvalue weighted by molar-refractivity contribution is 0.108. The van der Waals surface area contributed by atoms with Crippen LogP contribution in [0.2, 0.25) is 0 Å². The Morgan fingerprint density at radius 3 is 2.72 bits per heavy atom. The van der Waals surface area contributed by atoms with Gasteiger partial charge >= 0.3 is 6.01 Å². The summed E-state index contributed by atoms with van der Waals surface area (Å²) in [6.07, 6.45) is 10.4. The highest BCUT2D eigenvalue weighted by molar-refractivity contribution is 6.10. The van der Waals surface area contributed by atoms with Crippen molar-refractivity contribution in [3.05, 3.63) is 47.4 Å². The molecule has 7 rings (SSSR count). The summed E-state index contributed by atoms with van der Waals surface area (Å²) in [5.74, 6) is 0.639. The monoisotopic (exact) mass is 581 g/mol. The molecule has 4 aromatic rings. The van der Waals surface area contributed by atoms with Crippen molar-refractivity contribution in [1.29, 1.82) is 5.41 Å². The van der Waals surface area contributed by atoms with Gasteiger partial charge in [-0.2, -0.15) is 9.97 Å². The number of benzene rings is 2. The van der Waals surface area contributed by atoms with Crippen LogP contribution in [0.25, 0.3) is 32.9 Å². The van der Waals surface area contributed by atoms with Crippen LogP contribution in [-0.4, -0.2) is 64.4 Å². The Bertz CT molecular complexity index is 1710. The van der Waals surface area contributed by atoms with Crippen LogP contribution in [0.3, 0.4) is 0 Å². The number of fused-ring (bicyclic) bond motifs is 3. The fourth-order valence-corrected chi connectivity index (χ4v) is 7.81. The number of nitrogens with zero attached hydrogens (tertiary/aromatic N) is 5. The van der Waals surface area contributed by atoms with E-state index in [0.717, 1.165) is 74.6 Å². The summed E-state index contributed by atoms with van der Waals surface area (Å²) in [6, 6.07) is 8.06. The molecular formula is C34H40FN7O. The molecular weight excluding hydrogens is 541 g/mol. The van der Waals surface area contributed by atoms with E-state index in [4.69, 9.17) is 30.8 Å². The summed E-state index contributed by atoms with van der Waals surface area (Å²) < 4.78 is 23.4. The Labute approximate surface area is 252 Å². The minimum atomic E-state index is -0.543. The second-order valence-corrected chi connectivity index (χ2v) is 12.7. The molecule has 3 N–H and O–H groups in total. The molecule has 9 heteroatoms. The number of hydrogen-bond donors (Lipinski definition) is 2. The topological polar surface area (TPSA) is 104 Å². The standard InChI is InChI=1S/C34H40FN7O/c1-3-22-9-4-10-23-16-26(37)24(17-36)28(27(22)23)31-29(35)30-25(18-38-31)32(41-13-5-8-21(2)19-41)40-33(39-30)43-20-34-11-6-14-42(34)15-7-12-34/h4,9-10,16-18,21,36H,3,5-8,11-15,19-20,37H2,1-2H3. The molecule has 0 aliphatic carbocycles. The molecule has 0 radical (unpaired) electrons. The van der Waals surface area contributed by atoms with E-state index in [9.17, 15) is 0 Å². The molecule has 3 saturated heterocycles. The number of pyridine rings is 1. The highest BCUT2D eigenvalue weighted by Crippen LogP contribution is 2.42. The van der Waals surface area contributed by atoms with Crippen molar-refractivity contribution in [2.24, 2.45) is 5.92 Å². The van der Waals surface area contributed by atoms with Crippen LogP contribution >= 0.6 is 0 Å². The number of piperidine rings is 1. The fourth-order valence-electron chi connectivity index (χ4n) is 7.81. The van der Waals surface area contributed by atoms with Gasteiger partial charge in [0, 0.05) is 42.3 Å². The first-order valence-corrected chi connectivity index (χ1v) is 15.8. The predicted octanol–water partition coefficient (Wildman–Crippen LogP) is 6.37. The maximum Gasteiger partial charge on any atom is 0.319 e. The molecule has 5 heterocycles. The van der Waals surface area contributed by atoms with E-state index < -0.39 is 5.82 Å². The van der Waals surface area contributed by atoms with Crippen molar-refractivity contribution in [1.82, 2.24) is 19.9 Å². The zero-order valence-electron chi connectivity index (χ0n) is 25.1. The molecule has 0 amide bonds. The molecule has 2 aromatic carbocycles. The third-order valence-corrected chi connectivity index (χ3v) is 9.97. The zero-order valence-corrected chi connectivity index (χ0v) is 25.1. The van der Waals surface area contributed by atoms with Crippen LogP contribution in [0.1, 0.15) is 63.5 Å². The number of aryl methyl sites for hydroxylation is 1. The Balaban J connectivity index is 1.41. The van der Waals surface area contributed by atoms with Gasteiger partial charge in [0.2, 0.25) is 0 Å². The molecule has 1 unspecified atom stereocenters. The summed E-state index contributed by atoms with van der Waals surface area (Å²) in [7, 11) is 0. The number of halogens is 1. The highest BCUT2D eigenvalue weighted by atomic mass is 19.1. The molecule has 224 valence electrons. The second-order valence-electron chi connectivity index (χ2n) is 12.7. The SMILES string of the molecule is CCc1cccc2cc(N)c(C=N)c(-c3ncc4c(N5CCCC(C)C5)nc(OCC56CCCN5CCC6)nc4c3F)c12. The number of nitrogens with one attached hydrogen (secondary N) is 1. The van der Waals surface area contributed by atoms with Gasteiger partial charge in [0.05, 0.1) is 10.9 Å². The minimum absolute atomic E-state index is 0.0238. The Morgan fingerprint density at radius 2 is 1.98 bits per heavy atom. The summed E-state index contributed by atoms with van der Waals surface area (Å²) >= 11 is 0. The average molecular weight is 582 g/mol. The van der Waals surface area contributed by atoms with E-state index in [2.05, 4.69) is 23.6 Å². The molecule has 43 heavy (non-hydrogen) atoms. The van der Waals surface area contributed by atoms with Gasteiger partial charge in [0.25, 0.3) is 0 Å². The van der Waals surface area contributed by atoms with Gasteiger partial charge < -0.3 is 20.8 Å².